The van der Waals surface area contributed by atoms with Crippen molar-refractivity contribution in [1.29, 1.82) is 0 Å². The van der Waals surface area contributed by atoms with E-state index in [2.05, 4.69) is 4.99 Å². The maximum Gasteiger partial charge on any atom is 0.363 e. The molecule has 0 amide bonds. The van der Waals surface area contributed by atoms with Crippen LogP contribution in [-0.4, -0.2) is 24.4 Å². The van der Waals surface area contributed by atoms with E-state index in [1.165, 1.54) is 0 Å². The smallest absolute Gasteiger partial charge is 0.363 e. The summed E-state index contributed by atoms with van der Waals surface area (Å²) in [6.45, 7) is 4.14. The summed E-state index contributed by atoms with van der Waals surface area (Å²) in [5.74, 6) is -0.225. The van der Waals surface area contributed by atoms with Crippen LogP contribution in [0.5, 0.6) is 11.5 Å². The minimum atomic E-state index is -0.571. The first-order valence-corrected chi connectivity index (χ1v) is 10.6. The molecule has 1 aliphatic heterocycles. The van der Waals surface area contributed by atoms with Crippen LogP contribution in [0.2, 0.25) is 5.02 Å². The van der Waals surface area contributed by atoms with E-state index in [1.807, 2.05) is 26.0 Å². The second kappa shape index (κ2) is 9.71. The van der Waals surface area contributed by atoms with E-state index >= 15 is 0 Å². The number of benzene rings is 3. The largest absolute Gasteiger partial charge is 0.490 e. The van der Waals surface area contributed by atoms with Gasteiger partial charge in [-0.15, -0.1) is 0 Å². The number of cyclic esters (lactones) is 1. The Kier molecular flexibility index (Phi) is 6.56. The molecule has 0 bridgehead atoms. The van der Waals surface area contributed by atoms with Gasteiger partial charge < -0.3 is 14.2 Å². The third-order valence-corrected chi connectivity index (χ3v) is 4.99. The number of aliphatic imine (C=N–C) groups is 1. The molecule has 33 heavy (non-hydrogen) atoms. The molecule has 0 radical (unpaired) electrons. The van der Waals surface area contributed by atoms with E-state index in [1.54, 1.807) is 60.7 Å². The molecule has 0 unspecified atom stereocenters. The van der Waals surface area contributed by atoms with Crippen molar-refractivity contribution in [3.8, 4) is 11.5 Å². The minimum absolute atomic E-state index is 0.136. The van der Waals surface area contributed by atoms with Gasteiger partial charge in [0, 0.05) is 10.6 Å². The van der Waals surface area contributed by atoms with Crippen LogP contribution in [0, 0.1) is 6.92 Å². The molecule has 1 heterocycles. The predicted molar refractivity (Wildman–Crippen MR) is 126 cm³/mol. The lowest BCUT2D eigenvalue weighted by molar-refractivity contribution is -0.129. The van der Waals surface area contributed by atoms with E-state index in [-0.39, 0.29) is 17.3 Å². The highest BCUT2D eigenvalue weighted by Gasteiger charge is 2.24. The quantitative estimate of drug-likeness (QED) is 0.271. The van der Waals surface area contributed by atoms with Crippen molar-refractivity contribution in [2.75, 3.05) is 6.61 Å². The van der Waals surface area contributed by atoms with Gasteiger partial charge >= 0.3 is 11.9 Å². The van der Waals surface area contributed by atoms with Crippen LogP contribution in [0.3, 0.4) is 0 Å². The molecule has 0 saturated heterocycles. The van der Waals surface area contributed by atoms with Crippen molar-refractivity contribution in [2.24, 2.45) is 4.99 Å². The molecule has 3 aromatic carbocycles. The Morgan fingerprint density at radius 2 is 1.85 bits per heavy atom. The number of esters is 2. The lowest BCUT2D eigenvalue weighted by Crippen LogP contribution is -2.09. The van der Waals surface area contributed by atoms with Crippen LogP contribution < -0.4 is 9.47 Å². The van der Waals surface area contributed by atoms with Gasteiger partial charge in [-0.3, -0.25) is 0 Å². The van der Waals surface area contributed by atoms with Gasteiger partial charge in [0.2, 0.25) is 5.90 Å². The molecule has 0 atom stereocenters. The van der Waals surface area contributed by atoms with Crippen molar-refractivity contribution in [1.82, 2.24) is 0 Å². The SMILES string of the molecule is CCOc1cc(/C=C2/N=C(c3cccc(Cl)c3)OC2=O)ccc1OC(=O)c1ccc(C)cc1. The van der Waals surface area contributed by atoms with Gasteiger partial charge in [-0.1, -0.05) is 41.4 Å². The summed E-state index contributed by atoms with van der Waals surface area (Å²) in [5.41, 5.74) is 2.86. The van der Waals surface area contributed by atoms with E-state index in [0.29, 0.717) is 34.1 Å². The van der Waals surface area contributed by atoms with E-state index < -0.39 is 11.9 Å². The predicted octanol–water partition coefficient (Wildman–Crippen LogP) is 5.61. The molecule has 166 valence electrons. The van der Waals surface area contributed by atoms with Crippen molar-refractivity contribution >= 4 is 35.5 Å². The number of hydrogen-bond donors (Lipinski definition) is 0. The number of carbonyl (C=O) groups excluding carboxylic acids is 2. The van der Waals surface area contributed by atoms with Crippen LogP contribution in [0.4, 0.5) is 0 Å². The molecule has 0 aromatic heterocycles. The first-order valence-electron chi connectivity index (χ1n) is 10.3. The Bertz CT molecular complexity index is 1280. The Hall–Kier alpha value is -3.90. The van der Waals surface area contributed by atoms with Crippen LogP contribution in [0.25, 0.3) is 6.08 Å². The van der Waals surface area contributed by atoms with E-state index in [4.69, 9.17) is 25.8 Å². The third kappa shape index (κ3) is 5.30. The zero-order chi connectivity index (χ0) is 23.4. The molecule has 0 spiro atoms. The number of carbonyl (C=O) groups is 2. The van der Waals surface area contributed by atoms with Gasteiger partial charge in [0.1, 0.15) is 0 Å². The normalized spacial score (nSPS) is 14.1. The topological polar surface area (TPSA) is 74.2 Å². The zero-order valence-electron chi connectivity index (χ0n) is 18.0. The second-order valence-electron chi connectivity index (χ2n) is 7.24. The van der Waals surface area contributed by atoms with Crippen molar-refractivity contribution in [3.05, 3.63) is 99.7 Å². The van der Waals surface area contributed by atoms with Gasteiger partial charge in [-0.2, -0.15) is 0 Å². The fourth-order valence-corrected chi connectivity index (χ4v) is 3.32. The van der Waals surface area contributed by atoms with Crippen LogP contribution in [0.1, 0.15) is 34.0 Å². The molecule has 0 aliphatic carbocycles. The second-order valence-corrected chi connectivity index (χ2v) is 7.68. The Morgan fingerprint density at radius 1 is 1.06 bits per heavy atom. The standard InChI is InChI=1S/C26H20ClNO5/c1-3-31-23-14-17(9-12-22(23)32-25(29)18-10-7-16(2)8-11-18)13-21-26(30)33-24(28-21)19-5-4-6-20(27)15-19/h4-15H,3H2,1-2H3/b21-13+. The molecular weight excluding hydrogens is 442 g/mol. The average molecular weight is 462 g/mol. The van der Waals surface area contributed by atoms with Gasteiger partial charge in [-0.25, -0.2) is 14.6 Å². The number of halogens is 1. The fourth-order valence-electron chi connectivity index (χ4n) is 3.13. The van der Waals surface area contributed by atoms with E-state index in [0.717, 1.165) is 5.56 Å². The zero-order valence-corrected chi connectivity index (χ0v) is 18.8. The molecule has 0 saturated carbocycles. The molecular formula is C26H20ClNO5. The number of rotatable bonds is 6. The van der Waals surface area contributed by atoms with Gasteiger partial charge in [0.25, 0.3) is 0 Å². The summed E-state index contributed by atoms with van der Waals surface area (Å²) in [5, 5.41) is 0.515. The first-order chi connectivity index (χ1) is 15.9. The molecule has 0 fully saturated rings. The number of hydrogen-bond acceptors (Lipinski definition) is 6. The van der Waals surface area contributed by atoms with E-state index in [9.17, 15) is 9.59 Å². The molecule has 3 aromatic rings. The lowest BCUT2D eigenvalue weighted by atomic mass is 10.1. The summed E-state index contributed by atoms with van der Waals surface area (Å²) in [6, 6.07) is 19.0. The highest BCUT2D eigenvalue weighted by atomic mass is 35.5. The third-order valence-electron chi connectivity index (χ3n) is 4.75. The van der Waals surface area contributed by atoms with Crippen molar-refractivity contribution in [3.63, 3.8) is 0 Å². The van der Waals surface area contributed by atoms with Crippen molar-refractivity contribution < 1.29 is 23.8 Å². The van der Waals surface area contributed by atoms with Crippen LogP contribution in [0.15, 0.2) is 77.4 Å². The highest BCUT2D eigenvalue weighted by Crippen LogP contribution is 2.31. The minimum Gasteiger partial charge on any atom is -0.490 e. The van der Waals surface area contributed by atoms with Gasteiger partial charge in [0.05, 0.1) is 12.2 Å². The number of ether oxygens (including phenoxy) is 3. The molecule has 4 rings (SSSR count). The molecule has 6 nitrogen and oxygen atoms in total. The fraction of sp³-hybridized carbons (Fsp3) is 0.115. The molecule has 1 aliphatic rings. The highest BCUT2D eigenvalue weighted by molar-refractivity contribution is 6.31. The summed E-state index contributed by atoms with van der Waals surface area (Å²) in [4.78, 5) is 29.1. The Labute approximate surface area is 196 Å². The average Bonchev–Trinajstić information content (AvgIpc) is 3.16. The maximum atomic E-state index is 12.5. The summed E-state index contributed by atoms with van der Waals surface area (Å²) in [6.07, 6.45) is 1.58. The molecule has 7 heteroatoms. The monoisotopic (exact) mass is 461 g/mol. The maximum absolute atomic E-state index is 12.5. The van der Waals surface area contributed by atoms with Crippen LogP contribution in [-0.2, 0) is 9.53 Å². The summed E-state index contributed by atoms with van der Waals surface area (Å²) < 4.78 is 16.5. The van der Waals surface area contributed by atoms with Gasteiger partial charge in [0.15, 0.2) is 17.2 Å². The van der Waals surface area contributed by atoms with Crippen molar-refractivity contribution in [2.45, 2.75) is 13.8 Å². The van der Waals surface area contributed by atoms with Gasteiger partial charge in [-0.05, 0) is 68.0 Å². The first kappa shape index (κ1) is 22.3. The van der Waals surface area contributed by atoms with Crippen LogP contribution >= 0.6 is 11.6 Å². The Balaban J connectivity index is 1.59. The number of aryl methyl sites for hydroxylation is 1. The number of nitrogens with zero attached hydrogens (tertiary/aromatic N) is 1. The Morgan fingerprint density at radius 3 is 2.58 bits per heavy atom. The summed E-state index contributed by atoms with van der Waals surface area (Å²) >= 11 is 6.01. The molecule has 0 N–H and O–H groups in total. The lowest BCUT2D eigenvalue weighted by Gasteiger charge is -2.11. The summed E-state index contributed by atoms with van der Waals surface area (Å²) in [7, 11) is 0.